The van der Waals surface area contributed by atoms with E-state index in [1.807, 2.05) is 0 Å². The van der Waals surface area contributed by atoms with Crippen molar-refractivity contribution in [1.29, 1.82) is 0 Å². The van der Waals surface area contributed by atoms with Crippen LogP contribution in [0.25, 0.3) is 0 Å². The lowest BCUT2D eigenvalue weighted by atomic mass is 10.3. The molecule has 2 aromatic rings. The van der Waals surface area contributed by atoms with Gasteiger partial charge < -0.3 is 20.4 Å². The maximum absolute atomic E-state index is 12.2. The molecule has 0 aliphatic carbocycles. The van der Waals surface area contributed by atoms with Gasteiger partial charge >= 0.3 is 0 Å². The molecule has 0 aromatic heterocycles. The highest BCUT2D eigenvalue weighted by Crippen LogP contribution is 2.33. The smallest absolute Gasteiger partial charge is 0.132 e. The SMILES string of the molecule is O=S(c1cc(O)ccc1O)c1cc(O)ccc1O. The Kier molecular flexibility index (Phi) is 3.12. The molecule has 0 atom stereocenters. The van der Waals surface area contributed by atoms with E-state index in [1.54, 1.807) is 0 Å². The average molecular weight is 266 g/mol. The van der Waals surface area contributed by atoms with Crippen molar-refractivity contribution in [2.75, 3.05) is 0 Å². The molecular formula is C12H10O5S. The van der Waals surface area contributed by atoms with Crippen molar-refractivity contribution in [2.24, 2.45) is 0 Å². The molecule has 0 spiro atoms. The number of hydrogen-bond donors (Lipinski definition) is 4. The molecule has 0 unspecified atom stereocenters. The van der Waals surface area contributed by atoms with E-state index in [4.69, 9.17) is 0 Å². The van der Waals surface area contributed by atoms with Crippen LogP contribution in [-0.4, -0.2) is 24.6 Å². The van der Waals surface area contributed by atoms with Gasteiger partial charge in [-0.15, -0.1) is 0 Å². The van der Waals surface area contributed by atoms with E-state index in [1.165, 1.54) is 24.3 Å². The molecule has 0 aliphatic rings. The van der Waals surface area contributed by atoms with Crippen molar-refractivity contribution in [3.8, 4) is 23.0 Å². The highest BCUT2D eigenvalue weighted by molar-refractivity contribution is 7.85. The molecule has 2 rings (SSSR count). The highest BCUT2D eigenvalue weighted by Gasteiger charge is 2.16. The first-order valence-electron chi connectivity index (χ1n) is 4.95. The second kappa shape index (κ2) is 4.58. The van der Waals surface area contributed by atoms with Crippen LogP contribution in [0.4, 0.5) is 0 Å². The van der Waals surface area contributed by atoms with E-state index in [0.29, 0.717) is 0 Å². The maximum atomic E-state index is 12.2. The fourth-order valence-electron chi connectivity index (χ4n) is 1.42. The van der Waals surface area contributed by atoms with Gasteiger partial charge in [-0.2, -0.15) is 0 Å². The van der Waals surface area contributed by atoms with Crippen LogP contribution in [0.1, 0.15) is 0 Å². The van der Waals surface area contributed by atoms with Crippen molar-refractivity contribution < 1.29 is 24.6 Å². The van der Waals surface area contributed by atoms with Gasteiger partial charge in [0, 0.05) is 12.1 Å². The summed E-state index contributed by atoms with van der Waals surface area (Å²) in [6.07, 6.45) is 0. The summed E-state index contributed by atoms with van der Waals surface area (Å²) >= 11 is 0. The van der Waals surface area contributed by atoms with E-state index >= 15 is 0 Å². The molecule has 0 fully saturated rings. The summed E-state index contributed by atoms with van der Waals surface area (Å²) < 4.78 is 12.2. The summed E-state index contributed by atoms with van der Waals surface area (Å²) in [6, 6.07) is 7.16. The maximum Gasteiger partial charge on any atom is 0.132 e. The number of hydrogen-bond acceptors (Lipinski definition) is 5. The van der Waals surface area contributed by atoms with E-state index in [9.17, 15) is 24.6 Å². The van der Waals surface area contributed by atoms with Crippen molar-refractivity contribution in [2.45, 2.75) is 9.79 Å². The van der Waals surface area contributed by atoms with Gasteiger partial charge in [0.1, 0.15) is 23.0 Å². The van der Waals surface area contributed by atoms with Crippen LogP contribution in [0.15, 0.2) is 46.2 Å². The van der Waals surface area contributed by atoms with Crippen molar-refractivity contribution in [3.05, 3.63) is 36.4 Å². The van der Waals surface area contributed by atoms with Crippen LogP contribution in [-0.2, 0) is 10.8 Å². The molecule has 18 heavy (non-hydrogen) atoms. The van der Waals surface area contributed by atoms with Gasteiger partial charge in [-0.25, -0.2) is 4.21 Å². The Morgan fingerprint density at radius 1 is 0.722 bits per heavy atom. The molecule has 4 N–H and O–H groups in total. The standard InChI is InChI=1S/C12H10O5S/c13-7-1-3-9(15)11(5-7)18(17)12-6-8(14)2-4-10(12)16/h1-6,13-16H. The Morgan fingerprint density at radius 2 is 1.11 bits per heavy atom. The van der Waals surface area contributed by atoms with Gasteiger partial charge in [-0.1, -0.05) is 0 Å². The third kappa shape index (κ3) is 2.23. The lowest BCUT2D eigenvalue weighted by Gasteiger charge is -2.07. The van der Waals surface area contributed by atoms with Crippen LogP contribution < -0.4 is 0 Å². The molecule has 0 aliphatic heterocycles. The molecular weight excluding hydrogens is 256 g/mol. The zero-order valence-corrected chi connectivity index (χ0v) is 9.89. The van der Waals surface area contributed by atoms with Gasteiger partial charge in [0.25, 0.3) is 0 Å². The Morgan fingerprint density at radius 3 is 1.50 bits per heavy atom. The van der Waals surface area contributed by atoms with Gasteiger partial charge in [0.15, 0.2) is 0 Å². The average Bonchev–Trinajstić information content (AvgIpc) is 2.34. The van der Waals surface area contributed by atoms with Crippen LogP contribution >= 0.6 is 0 Å². The molecule has 94 valence electrons. The minimum absolute atomic E-state index is 0.0455. The first-order valence-corrected chi connectivity index (χ1v) is 6.10. The number of aromatic hydroxyl groups is 4. The number of rotatable bonds is 2. The lowest BCUT2D eigenvalue weighted by Crippen LogP contribution is -1.94. The summed E-state index contributed by atoms with van der Waals surface area (Å²) in [5, 5.41) is 37.8. The summed E-state index contributed by atoms with van der Waals surface area (Å²) in [7, 11) is -1.91. The van der Waals surface area contributed by atoms with E-state index < -0.39 is 10.8 Å². The third-order valence-electron chi connectivity index (χ3n) is 2.29. The van der Waals surface area contributed by atoms with Crippen LogP contribution in [0.2, 0.25) is 0 Å². The summed E-state index contributed by atoms with van der Waals surface area (Å²) in [4.78, 5) is -0.0909. The molecule has 2 aromatic carbocycles. The molecule has 0 amide bonds. The minimum Gasteiger partial charge on any atom is -0.508 e. The van der Waals surface area contributed by atoms with Crippen molar-refractivity contribution in [1.82, 2.24) is 0 Å². The van der Waals surface area contributed by atoms with Crippen molar-refractivity contribution in [3.63, 3.8) is 0 Å². The molecule has 0 saturated carbocycles. The van der Waals surface area contributed by atoms with E-state index in [2.05, 4.69) is 0 Å². The molecule has 0 bridgehead atoms. The largest absolute Gasteiger partial charge is 0.508 e. The number of benzene rings is 2. The van der Waals surface area contributed by atoms with E-state index in [-0.39, 0.29) is 32.8 Å². The van der Waals surface area contributed by atoms with Gasteiger partial charge in [0.05, 0.1) is 20.6 Å². The first-order chi connectivity index (χ1) is 8.49. The topological polar surface area (TPSA) is 98.0 Å². The first kappa shape index (κ1) is 12.3. The summed E-state index contributed by atoms with van der Waals surface area (Å²) in [5.74, 6) is -0.852. The van der Waals surface area contributed by atoms with Crippen LogP contribution in [0.5, 0.6) is 23.0 Å². The highest BCUT2D eigenvalue weighted by atomic mass is 32.2. The van der Waals surface area contributed by atoms with Gasteiger partial charge in [-0.3, -0.25) is 0 Å². The van der Waals surface area contributed by atoms with Crippen molar-refractivity contribution >= 4 is 10.8 Å². The zero-order valence-electron chi connectivity index (χ0n) is 9.07. The molecule has 5 nitrogen and oxygen atoms in total. The van der Waals surface area contributed by atoms with Crippen LogP contribution in [0.3, 0.4) is 0 Å². The Hall–Kier alpha value is -2.21. The Labute approximate surface area is 105 Å². The second-order valence-corrected chi connectivity index (χ2v) is 4.99. The third-order valence-corrected chi connectivity index (χ3v) is 3.74. The Balaban J connectivity index is 2.54. The molecule has 0 saturated heterocycles. The Bertz CT molecular complexity index is 570. The normalized spacial score (nSPS) is 10.7. The lowest BCUT2D eigenvalue weighted by molar-refractivity contribution is 0.443. The zero-order chi connectivity index (χ0) is 13.3. The second-order valence-electron chi connectivity index (χ2n) is 3.57. The minimum atomic E-state index is -1.91. The molecule has 6 heteroatoms. The number of phenolic OH excluding ortho intramolecular Hbond substituents is 4. The fourth-order valence-corrected chi connectivity index (χ4v) is 2.63. The quantitative estimate of drug-likeness (QED) is 0.620. The predicted molar refractivity (Wildman–Crippen MR) is 64.2 cm³/mol. The monoisotopic (exact) mass is 266 g/mol. The summed E-state index contributed by atoms with van der Waals surface area (Å²) in [5.41, 5.74) is 0. The van der Waals surface area contributed by atoms with Gasteiger partial charge in [-0.05, 0) is 24.3 Å². The molecule has 0 radical (unpaired) electrons. The molecule has 0 heterocycles. The van der Waals surface area contributed by atoms with Crippen LogP contribution in [0, 0.1) is 0 Å². The predicted octanol–water partition coefficient (Wildman–Crippen LogP) is 1.68. The fraction of sp³-hybridized carbons (Fsp3) is 0. The van der Waals surface area contributed by atoms with E-state index in [0.717, 1.165) is 12.1 Å². The summed E-state index contributed by atoms with van der Waals surface area (Å²) in [6.45, 7) is 0. The number of phenols is 4. The van der Waals surface area contributed by atoms with Gasteiger partial charge in [0.2, 0.25) is 0 Å².